The predicted octanol–water partition coefficient (Wildman–Crippen LogP) is 6.43. The highest BCUT2D eigenvalue weighted by molar-refractivity contribution is 7.19. The molecule has 28 heavy (non-hydrogen) atoms. The average molecular weight is 390 g/mol. The van der Waals surface area contributed by atoms with Crippen molar-refractivity contribution in [3.63, 3.8) is 0 Å². The highest BCUT2D eigenvalue weighted by atomic mass is 32.1. The molecular formula is C23H23N3OS. The van der Waals surface area contributed by atoms with Crippen molar-refractivity contribution in [2.45, 2.75) is 27.7 Å². The molecule has 0 unspecified atom stereocenters. The van der Waals surface area contributed by atoms with Crippen molar-refractivity contribution in [2.75, 3.05) is 11.9 Å². The first-order chi connectivity index (χ1) is 13.6. The number of aromatic nitrogens is 2. The fourth-order valence-corrected chi connectivity index (χ4v) is 4.40. The third kappa shape index (κ3) is 3.34. The minimum absolute atomic E-state index is 0.664. The number of thiophene rings is 1. The minimum atomic E-state index is 0.664. The number of aryl methyl sites for hydroxylation is 2. The summed E-state index contributed by atoms with van der Waals surface area (Å²) in [7, 11) is 0. The highest BCUT2D eigenvalue weighted by Gasteiger charge is 2.17. The first-order valence-corrected chi connectivity index (χ1v) is 10.2. The third-order valence-electron chi connectivity index (χ3n) is 4.98. The number of nitrogens with one attached hydrogen (secondary N) is 1. The molecule has 4 rings (SSSR count). The normalized spacial score (nSPS) is 11.0. The van der Waals surface area contributed by atoms with Crippen LogP contribution in [0.4, 0.5) is 11.5 Å². The number of hydrogen-bond acceptors (Lipinski definition) is 5. The van der Waals surface area contributed by atoms with Crippen molar-refractivity contribution in [1.82, 2.24) is 9.97 Å². The lowest BCUT2D eigenvalue weighted by atomic mass is 10.0. The van der Waals surface area contributed by atoms with E-state index < -0.39 is 0 Å². The second kappa shape index (κ2) is 7.60. The number of fused-ring (bicyclic) bond motifs is 1. The minimum Gasteiger partial charge on any atom is -0.494 e. The maximum Gasteiger partial charge on any atom is 0.143 e. The van der Waals surface area contributed by atoms with Crippen LogP contribution in [0, 0.1) is 20.8 Å². The molecule has 0 aliphatic rings. The quantitative estimate of drug-likeness (QED) is 0.427. The van der Waals surface area contributed by atoms with Gasteiger partial charge in [-0.1, -0.05) is 24.3 Å². The van der Waals surface area contributed by atoms with Crippen LogP contribution in [0.25, 0.3) is 21.3 Å². The lowest BCUT2D eigenvalue weighted by Gasteiger charge is -2.13. The SMILES string of the molecule is CCOc1ccc(-c2c(C)sc3ncnc(Nc4cccc(C)c4C)c23)cc1. The third-order valence-corrected chi connectivity index (χ3v) is 5.99. The van der Waals surface area contributed by atoms with Crippen molar-refractivity contribution in [2.24, 2.45) is 0 Å². The summed E-state index contributed by atoms with van der Waals surface area (Å²) in [6, 6.07) is 14.5. The smallest absolute Gasteiger partial charge is 0.143 e. The summed E-state index contributed by atoms with van der Waals surface area (Å²) in [6.45, 7) is 9.04. The maximum atomic E-state index is 5.59. The molecule has 4 nitrogen and oxygen atoms in total. The van der Waals surface area contributed by atoms with Gasteiger partial charge in [0.15, 0.2) is 0 Å². The van der Waals surface area contributed by atoms with E-state index in [-0.39, 0.29) is 0 Å². The molecule has 4 aromatic rings. The van der Waals surface area contributed by atoms with Gasteiger partial charge in [0.2, 0.25) is 0 Å². The Morgan fingerprint density at radius 1 is 1.00 bits per heavy atom. The molecule has 0 spiro atoms. The Balaban J connectivity index is 1.84. The number of hydrogen-bond donors (Lipinski definition) is 1. The van der Waals surface area contributed by atoms with Gasteiger partial charge in [-0.05, 0) is 62.6 Å². The molecule has 0 aliphatic carbocycles. The van der Waals surface area contributed by atoms with Crippen LogP contribution in [0.1, 0.15) is 22.9 Å². The molecule has 0 fully saturated rings. The van der Waals surface area contributed by atoms with E-state index in [4.69, 9.17) is 4.74 Å². The van der Waals surface area contributed by atoms with Gasteiger partial charge < -0.3 is 10.1 Å². The summed E-state index contributed by atoms with van der Waals surface area (Å²) >= 11 is 1.70. The summed E-state index contributed by atoms with van der Waals surface area (Å²) in [5.74, 6) is 1.72. The average Bonchev–Trinajstić information content (AvgIpc) is 3.03. The summed E-state index contributed by atoms with van der Waals surface area (Å²) in [5, 5.41) is 4.61. The van der Waals surface area contributed by atoms with Gasteiger partial charge in [0.1, 0.15) is 22.7 Å². The van der Waals surface area contributed by atoms with Crippen LogP contribution in [0.2, 0.25) is 0 Å². The summed E-state index contributed by atoms with van der Waals surface area (Å²) in [6.07, 6.45) is 1.63. The zero-order valence-corrected chi connectivity index (χ0v) is 17.4. The summed E-state index contributed by atoms with van der Waals surface area (Å²) in [4.78, 5) is 11.3. The standard InChI is InChI=1S/C23H23N3OS/c1-5-27-18-11-9-17(10-12-18)20-16(4)28-23-21(20)22(24-13-25-23)26-19-8-6-7-14(2)15(19)3/h6-13H,5H2,1-4H3,(H,24,25,26). The molecule has 0 aliphatic heterocycles. The zero-order chi connectivity index (χ0) is 19.7. The van der Waals surface area contributed by atoms with Crippen molar-refractivity contribution < 1.29 is 4.74 Å². The Kier molecular flexibility index (Phi) is 5.01. The van der Waals surface area contributed by atoms with Crippen LogP contribution in [-0.4, -0.2) is 16.6 Å². The lowest BCUT2D eigenvalue weighted by Crippen LogP contribution is -1.98. The van der Waals surface area contributed by atoms with Crippen LogP contribution in [0.5, 0.6) is 5.75 Å². The molecule has 142 valence electrons. The van der Waals surface area contributed by atoms with E-state index in [0.29, 0.717) is 6.61 Å². The Bertz CT molecular complexity index is 1130. The number of rotatable bonds is 5. The lowest BCUT2D eigenvalue weighted by molar-refractivity contribution is 0.340. The predicted molar refractivity (Wildman–Crippen MR) is 118 cm³/mol. The maximum absolute atomic E-state index is 5.59. The molecule has 0 radical (unpaired) electrons. The van der Waals surface area contributed by atoms with E-state index in [2.05, 4.69) is 66.4 Å². The molecule has 0 saturated carbocycles. The topological polar surface area (TPSA) is 47.0 Å². The van der Waals surface area contributed by atoms with Gasteiger partial charge in [-0.3, -0.25) is 0 Å². The van der Waals surface area contributed by atoms with E-state index >= 15 is 0 Å². The van der Waals surface area contributed by atoms with Gasteiger partial charge in [0.05, 0.1) is 12.0 Å². The van der Waals surface area contributed by atoms with Crippen LogP contribution < -0.4 is 10.1 Å². The number of nitrogens with zero attached hydrogens (tertiary/aromatic N) is 2. The van der Waals surface area contributed by atoms with E-state index in [0.717, 1.165) is 33.0 Å². The van der Waals surface area contributed by atoms with Gasteiger partial charge in [0.25, 0.3) is 0 Å². The van der Waals surface area contributed by atoms with E-state index in [1.807, 2.05) is 19.1 Å². The van der Waals surface area contributed by atoms with E-state index in [1.54, 1.807) is 17.7 Å². The molecule has 2 aromatic heterocycles. The van der Waals surface area contributed by atoms with Crippen molar-refractivity contribution in [3.8, 4) is 16.9 Å². The van der Waals surface area contributed by atoms with Gasteiger partial charge in [-0.25, -0.2) is 9.97 Å². The molecule has 2 heterocycles. The van der Waals surface area contributed by atoms with E-state index in [9.17, 15) is 0 Å². The first-order valence-electron chi connectivity index (χ1n) is 9.39. The van der Waals surface area contributed by atoms with Crippen molar-refractivity contribution >= 4 is 33.1 Å². The molecular weight excluding hydrogens is 366 g/mol. The van der Waals surface area contributed by atoms with Crippen molar-refractivity contribution in [1.29, 1.82) is 0 Å². The molecule has 0 amide bonds. The molecule has 2 aromatic carbocycles. The second-order valence-electron chi connectivity index (χ2n) is 6.77. The van der Waals surface area contributed by atoms with Gasteiger partial charge in [-0.15, -0.1) is 11.3 Å². The van der Waals surface area contributed by atoms with Crippen LogP contribution in [-0.2, 0) is 0 Å². The molecule has 1 N–H and O–H groups in total. The number of anilines is 2. The molecule has 5 heteroatoms. The Labute approximate surface area is 169 Å². The van der Waals surface area contributed by atoms with Gasteiger partial charge in [-0.2, -0.15) is 0 Å². The molecule has 0 saturated heterocycles. The summed E-state index contributed by atoms with van der Waals surface area (Å²) < 4.78 is 5.59. The molecule has 0 atom stereocenters. The van der Waals surface area contributed by atoms with Crippen LogP contribution in [0.3, 0.4) is 0 Å². The number of benzene rings is 2. The first kappa shape index (κ1) is 18.4. The zero-order valence-electron chi connectivity index (χ0n) is 16.5. The number of ether oxygens (including phenoxy) is 1. The van der Waals surface area contributed by atoms with Gasteiger partial charge in [0, 0.05) is 16.1 Å². The summed E-state index contributed by atoms with van der Waals surface area (Å²) in [5.41, 5.74) is 5.87. The fraction of sp³-hybridized carbons (Fsp3) is 0.217. The Morgan fingerprint density at radius 2 is 1.79 bits per heavy atom. The van der Waals surface area contributed by atoms with E-state index in [1.165, 1.54) is 21.6 Å². The Morgan fingerprint density at radius 3 is 2.54 bits per heavy atom. The second-order valence-corrected chi connectivity index (χ2v) is 7.97. The van der Waals surface area contributed by atoms with Crippen molar-refractivity contribution in [3.05, 3.63) is 64.8 Å². The van der Waals surface area contributed by atoms with Gasteiger partial charge >= 0.3 is 0 Å². The van der Waals surface area contributed by atoms with Crippen LogP contribution in [0.15, 0.2) is 48.8 Å². The Hall–Kier alpha value is -2.92. The van der Waals surface area contributed by atoms with Crippen LogP contribution >= 0.6 is 11.3 Å². The highest BCUT2D eigenvalue weighted by Crippen LogP contribution is 2.41. The largest absolute Gasteiger partial charge is 0.494 e. The fourth-order valence-electron chi connectivity index (χ4n) is 3.39. The molecule has 0 bridgehead atoms. The monoisotopic (exact) mass is 389 g/mol.